The molecule has 0 bridgehead atoms. The van der Waals surface area contributed by atoms with Crippen LogP contribution in [0.25, 0.3) is 11.4 Å². The predicted octanol–water partition coefficient (Wildman–Crippen LogP) is 4.40. The Bertz CT molecular complexity index is 749. The lowest BCUT2D eigenvalue weighted by atomic mass is 10.1. The van der Waals surface area contributed by atoms with Crippen molar-refractivity contribution in [2.45, 2.75) is 26.8 Å². The summed E-state index contributed by atoms with van der Waals surface area (Å²) in [5.74, 6) is 2.88. The van der Waals surface area contributed by atoms with Gasteiger partial charge in [0.25, 0.3) is 0 Å². The predicted molar refractivity (Wildman–Crippen MR) is 99.5 cm³/mol. The molecule has 0 saturated heterocycles. The molecule has 0 atom stereocenters. The molecule has 0 amide bonds. The first-order chi connectivity index (χ1) is 12.2. The standard InChI is InChI=1S/C20H24N4O/c1-15(2)9-10-21-13-16-3-6-18(7-4-16)25-19-8-5-17(14-24-19)20-22-11-12-23-20/h3-8,11-12,14-15,21H,9-10,13H2,1-2H3,(H,22,23). The minimum atomic E-state index is 0.568. The smallest absolute Gasteiger partial charge is 0.219 e. The third kappa shape index (κ3) is 5.16. The average Bonchev–Trinajstić information content (AvgIpc) is 3.15. The average molecular weight is 336 g/mol. The zero-order valence-electron chi connectivity index (χ0n) is 14.7. The van der Waals surface area contributed by atoms with E-state index in [2.05, 4.69) is 46.2 Å². The van der Waals surface area contributed by atoms with Gasteiger partial charge in [-0.05, 0) is 42.6 Å². The zero-order chi connectivity index (χ0) is 17.5. The van der Waals surface area contributed by atoms with Crippen molar-refractivity contribution in [1.29, 1.82) is 0 Å². The number of aromatic amines is 1. The van der Waals surface area contributed by atoms with E-state index in [1.807, 2.05) is 24.3 Å². The number of pyridine rings is 1. The summed E-state index contributed by atoms with van der Waals surface area (Å²) in [6, 6.07) is 11.9. The molecule has 0 aliphatic carbocycles. The fourth-order valence-electron chi connectivity index (χ4n) is 2.42. The van der Waals surface area contributed by atoms with Crippen LogP contribution in [-0.2, 0) is 6.54 Å². The normalized spacial score (nSPS) is 11.0. The fraction of sp³-hybridized carbons (Fsp3) is 0.300. The molecule has 0 aliphatic heterocycles. The Hall–Kier alpha value is -2.66. The summed E-state index contributed by atoms with van der Waals surface area (Å²) in [5.41, 5.74) is 2.18. The van der Waals surface area contributed by atoms with Crippen LogP contribution in [0.4, 0.5) is 0 Å². The largest absolute Gasteiger partial charge is 0.439 e. The molecule has 1 aromatic carbocycles. The summed E-state index contributed by atoms with van der Waals surface area (Å²) < 4.78 is 5.80. The van der Waals surface area contributed by atoms with Crippen LogP contribution < -0.4 is 10.1 Å². The summed E-state index contributed by atoms with van der Waals surface area (Å²) in [6.07, 6.45) is 6.46. The Balaban J connectivity index is 1.52. The molecule has 2 heterocycles. The number of rotatable bonds is 8. The first kappa shape index (κ1) is 17.2. The van der Waals surface area contributed by atoms with Gasteiger partial charge in [0.15, 0.2) is 0 Å². The highest BCUT2D eigenvalue weighted by molar-refractivity contribution is 5.53. The zero-order valence-corrected chi connectivity index (χ0v) is 14.7. The number of hydrogen-bond donors (Lipinski definition) is 2. The number of nitrogens with one attached hydrogen (secondary N) is 2. The van der Waals surface area contributed by atoms with Gasteiger partial charge in [-0.15, -0.1) is 0 Å². The maximum absolute atomic E-state index is 5.80. The summed E-state index contributed by atoms with van der Waals surface area (Å²) in [6.45, 7) is 6.40. The van der Waals surface area contributed by atoms with Crippen molar-refractivity contribution in [3.63, 3.8) is 0 Å². The van der Waals surface area contributed by atoms with E-state index < -0.39 is 0 Å². The molecule has 5 heteroatoms. The van der Waals surface area contributed by atoms with E-state index in [4.69, 9.17) is 4.74 Å². The van der Waals surface area contributed by atoms with Crippen LogP contribution in [0.5, 0.6) is 11.6 Å². The van der Waals surface area contributed by atoms with Crippen LogP contribution >= 0.6 is 0 Å². The van der Waals surface area contributed by atoms with Gasteiger partial charge in [-0.2, -0.15) is 0 Å². The van der Waals surface area contributed by atoms with E-state index in [0.717, 1.165) is 36.1 Å². The summed E-state index contributed by atoms with van der Waals surface area (Å²) >= 11 is 0. The number of H-pyrrole nitrogens is 1. The van der Waals surface area contributed by atoms with E-state index >= 15 is 0 Å². The van der Waals surface area contributed by atoms with Crippen molar-refractivity contribution in [1.82, 2.24) is 20.3 Å². The lowest BCUT2D eigenvalue weighted by Crippen LogP contribution is -2.16. The summed E-state index contributed by atoms with van der Waals surface area (Å²) in [5, 5.41) is 3.46. The van der Waals surface area contributed by atoms with Crippen molar-refractivity contribution in [2.75, 3.05) is 6.54 Å². The van der Waals surface area contributed by atoms with E-state index in [0.29, 0.717) is 5.88 Å². The maximum Gasteiger partial charge on any atom is 0.219 e. The molecule has 0 fully saturated rings. The molecule has 0 radical (unpaired) electrons. The van der Waals surface area contributed by atoms with Crippen LogP contribution in [0.3, 0.4) is 0 Å². The molecular weight excluding hydrogens is 312 g/mol. The number of nitrogens with zero attached hydrogens (tertiary/aromatic N) is 2. The van der Waals surface area contributed by atoms with E-state index in [1.165, 1.54) is 12.0 Å². The van der Waals surface area contributed by atoms with Gasteiger partial charge in [0.1, 0.15) is 11.6 Å². The molecule has 2 N–H and O–H groups in total. The molecule has 25 heavy (non-hydrogen) atoms. The van der Waals surface area contributed by atoms with Gasteiger partial charge in [0, 0.05) is 36.8 Å². The van der Waals surface area contributed by atoms with Gasteiger partial charge in [-0.3, -0.25) is 0 Å². The van der Waals surface area contributed by atoms with Gasteiger partial charge < -0.3 is 15.0 Å². The van der Waals surface area contributed by atoms with Gasteiger partial charge in [-0.25, -0.2) is 9.97 Å². The molecule has 0 unspecified atom stereocenters. The van der Waals surface area contributed by atoms with Crippen molar-refractivity contribution in [3.8, 4) is 23.0 Å². The molecule has 0 saturated carbocycles. The number of imidazole rings is 1. The highest BCUT2D eigenvalue weighted by atomic mass is 16.5. The molecule has 2 aromatic heterocycles. The topological polar surface area (TPSA) is 62.8 Å². The van der Waals surface area contributed by atoms with Crippen molar-refractivity contribution in [2.24, 2.45) is 5.92 Å². The van der Waals surface area contributed by atoms with E-state index in [1.54, 1.807) is 18.6 Å². The Kier molecular flexibility index (Phi) is 5.80. The summed E-state index contributed by atoms with van der Waals surface area (Å²) in [4.78, 5) is 11.6. The first-order valence-electron chi connectivity index (χ1n) is 8.64. The molecule has 5 nitrogen and oxygen atoms in total. The molecule has 3 rings (SSSR count). The van der Waals surface area contributed by atoms with Gasteiger partial charge in [0.2, 0.25) is 5.88 Å². The van der Waals surface area contributed by atoms with Crippen LogP contribution in [0, 0.1) is 5.92 Å². The molecule has 0 spiro atoms. The highest BCUT2D eigenvalue weighted by Crippen LogP contribution is 2.22. The lowest BCUT2D eigenvalue weighted by molar-refractivity contribution is 0.462. The van der Waals surface area contributed by atoms with E-state index in [-0.39, 0.29) is 0 Å². The molecular formula is C20H24N4O. The van der Waals surface area contributed by atoms with Crippen molar-refractivity contribution in [3.05, 3.63) is 60.6 Å². The third-order valence-corrected chi connectivity index (χ3v) is 3.88. The van der Waals surface area contributed by atoms with Crippen molar-refractivity contribution >= 4 is 0 Å². The van der Waals surface area contributed by atoms with Gasteiger partial charge in [-0.1, -0.05) is 26.0 Å². The SMILES string of the molecule is CC(C)CCNCc1ccc(Oc2ccc(-c3ncc[nH]3)cn2)cc1. The number of ether oxygens (including phenoxy) is 1. The second kappa shape index (κ2) is 8.44. The molecule has 130 valence electrons. The minimum Gasteiger partial charge on any atom is -0.439 e. The van der Waals surface area contributed by atoms with Crippen LogP contribution in [0.1, 0.15) is 25.8 Å². The number of benzene rings is 1. The Morgan fingerprint density at radius 1 is 1.08 bits per heavy atom. The van der Waals surface area contributed by atoms with Crippen LogP contribution in [0.15, 0.2) is 55.0 Å². The van der Waals surface area contributed by atoms with Crippen LogP contribution in [0.2, 0.25) is 0 Å². The van der Waals surface area contributed by atoms with Gasteiger partial charge in [0.05, 0.1) is 0 Å². The minimum absolute atomic E-state index is 0.568. The second-order valence-corrected chi connectivity index (χ2v) is 6.43. The van der Waals surface area contributed by atoms with Crippen LogP contribution in [-0.4, -0.2) is 21.5 Å². The Morgan fingerprint density at radius 2 is 1.92 bits per heavy atom. The van der Waals surface area contributed by atoms with Gasteiger partial charge >= 0.3 is 0 Å². The number of aromatic nitrogens is 3. The first-order valence-corrected chi connectivity index (χ1v) is 8.64. The quantitative estimate of drug-likeness (QED) is 0.599. The Morgan fingerprint density at radius 3 is 2.56 bits per heavy atom. The maximum atomic E-state index is 5.80. The second-order valence-electron chi connectivity index (χ2n) is 6.43. The molecule has 0 aliphatic rings. The molecule has 3 aromatic rings. The highest BCUT2D eigenvalue weighted by Gasteiger charge is 2.03. The lowest BCUT2D eigenvalue weighted by Gasteiger charge is -2.08. The summed E-state index contributed by atoms with van der Waals surface area (Å²) in [7, 11) is 0. The third-order valence-electron chi connectivity index (χ3n) is 3.88. The monoisotopic (exact) mass is 336 g/mol. The van der Waals surface area contributed by atoms with Crippen molar-refractivity contribution < 1.29 is 4.74 Å². The fourth-order valence-corrected chi connectivity index (χ4v) is 2.42. The Labute approximate surface area is 148 Å². The number of hydrogen-bond acceptors (Lipinski definition) is 4. The van der Waals surface area contributed by atoms with E-state index in [9.17, 15) is 0 Å².